The molecule has 25 heavy (non-hydrogen) atoms. The molecule has 0 unspecified atom stereocenters. The summed E-state index contributed by atoms with van der Waals surface area (Å²) in [7, 11) is 0. The van der Waals surface area contributed by atoms with Crippen LogP contribution in [0.3, 0.4) is 0 Å². The molecule has 1 heterocycles. The third kappa shape index (κ3) is 3.62. The molecule has 4 rings (SSSR count). The molecule has 1 saturated heterocycles. The van der Waals surface area contributed by atoms with E-state index in [4.69, 9.17) is 0 Å². The lowest BCUT2D eigenvalue weighted by Gasteiger charge is -2.28. The Morgan fingerprint density at radius 2 is 1.88 bits per heavy atom. The van der Waals surface area contributed by atoms with E-state index in [1.807, 2.05) is 6.07 Å². The third-order valence-corrected chi connectivity index (χ3v) is 6.96. The second-order valence-corrected chi connectivity index (χ2v) is 8.56. The topological polar surface area (TPSA) is 32.3 Å². The van der Waals surface area contributed by atoms with E-state index in [9.17, 15) is 4.79 Å². The monoisotopic (exact) mass is 340 g/mol. The van der Waals surface area contributed by atoms with E-state index in [0.29, 0.717) is 23.8 Å². The van der Waals surface area contributed by atoms with Crippen LogP contribution in [0, 0.1) is 17.8 Å². The quantitative estimate of drug-likeness (QED) is 0.879. The summed E-state index contributed by atoms with van der Waals surface area (Å²) in [6, 6.07) is 11.6. The second kappa shape index (κ2) is 7.49. The molecule has 1 N–H and O–H groups in total. The van der Waals surface area contributed by atoms with Gasteiger partial charge in [0.05, 0.1) is 0 Å². The molecule has 3 fully saturated rings. The molecule has 3 nitrogen and oxygen atoms in total. The van der Waals surface area contributed by atoms with Crippen molar-refractivity contribution in [3.05, 3.63) is 35.9 Å². The number of likely N-dealkylation sites (tertiary alicyclic amines) is 1. The number of nitrogens with zero attached hydrogens (tertiary/aromatic N) is 1. The molecular formula is C22H32N2O. The summed E-state index contributed by atoms with van der Waals surface area (Å²) >= 11 is 0. The van der Waals surface area contributed by atoms with Crippen molar-refractivity contribution in [2.24, 2.45) is 17.8 Å². The highest BCUT2D eigenvalue weighted by Crippen LogP contribution is 2.46. The molecule has 2 saturated carbocycles. The number of hydrogen-bond acceptors (Lipinski definition) is 2. The Kier molecular flexibility index (Phi) is 5.12. The van der Waals surface area contributed by atoms with Gasteiger partial charge >= 0.3 is 0 Å². The fourth-order valence-electron chi connectivity index (χ4n) is 5.54. The van der Waals surface area contributed by atoms with Crippen molar-refractivity contribution in [3.63, 3.8) is 0 Å². The predicted octanol–water partition coefficient (Wildman–Crippen LogP) is 3.98. The maximum Gasteiger partial charge on any atom is 0.223 e. The van der Waals surface area contributed by atoms with Crippen LogP contribution in [0.1, 0.15) is 57.4 Å². The van der Waals surface area contributed by atoms with Crippen molar-refractivity contribution in [2.75, 3.05) is 6.54 Å². The molecule has 3 heteroatoms. The lowest BCUT2D eigenvalue weighted by Crippen LogP contribution is -2.37. The van der Waals surface area contributed by atoms with Gasteiger partial charge in [-0.25, -0.2) is 0 Å². The number of nitrogens with one attached hydrogen (secondary N) is 1. The van der Waals surface area contributed by atoms with Gasteiger partial charge in [-0.1, -0.05) is 56.5 Å². The van der Waals surface area contributed by atoms with Crippen molar-refractivity contribution in [1.82, 2.24) is 10.2 Å². The van der Waals surface area contributed by atoms with Gasteiger partial charge in [-0.15, -0.1) is 0 Å². The summed E-state index contributed by atoms with van der Waals surface area (Å²) in [5.74, 6) is 2.31. The lowest BCUT2D eigenvalue weighted by molar-refractivity contribution is -0.129. The van der Waals surface area contributed by atoms with Gasteiger partial charge in [0.1, 0.15) is 0 Å². The number of benzene rings is 1. The van der Waals surface area contributed by atoms with Gasteiger partial charge < -0.3 is 10.2 Å². The van der Waals surface area contributed by atoms with Crippen LogP contribution >= 0.6 is 0 Å². The molecular weight excluding hydrogens is 308 g/mol. The first-order valence-corrected chi connectivity index (χ1v) is 10.3. The van der Waals surface area contributed by atoms with Gasteiger partial charge in [-0.3, -0.25) is 4.79 Å². The van der Waals surface area contributed by atoms with E-state index in [1.165, 1.54) is 44.1 Å². The van der Waals surface area contributed by atoms with Crippen LogP contribution in [0.5, 0.6) is 0 Å². The Balaban J connectivity index is 1.39. The molecule has 0 radical (unpaired) electrons. The highest BCUT2D eigenvalue weighted by Gasteiger charge is 2.50. The maximum absolute atomic E-state index is 12.7. The molecule has 0 aromatic heterocycles. The van der Waals surface area contributed by atoms with Crippen LogP contribution in [0.4, 0.5) is 0 Å². The van der Waals surface area contributed by atoms with E-state index in [1.54, 1.807) is 0 Å². The van der Waals surface area contributed by atoms with E-state index in [2.05, 4.69) is 41.4 Å². The van der Waals surface area contributed by atoms with Crippen LogP contribution in [-0.4, -0.2) is 29.4 Å². The molecule has 2 aliphatic carbocycles. The van der Waals surface area contributed by atoms with Gasteiger partial charge in [-0.2, -0.15) is 0 Å². The average molecular weight is 341 g/mol. The Morgan fingerprint density at radius 3 is 2.64 bits per heavy atom. The van der Waals surface area contributed by atoms with Gasteiger partial charge in [0.2, 0.25) is 5.91 Å². The number of carbonyl (C=O) groups excluding carboxylic acids is 1. The number of fused-ring (bicyclic) bond motifs is 1. The van der Waals surface area contributed by atoms with Gasteiger partial charge in [0.15, 0.2) is 0 Å². The fourth-order valence-corrected chi connectivity index (χ4v) is 5.54. The maximum atomic E-state index is 12.7. The van der Waals surface area contributed by atoms with E-state index < -0.39 is 0 Å². The Morgan fingerprint density at radius 1 is 1.12 bits per heavy atom. The number of hydrogen-bond donors (Lipinski definition) is 1. The van der Waals surface area contributed by atoms with E-state index >= 15 is 0 Å². The molecule has 0 bridgehead atoms. The second-order valence-electron chi connectivity index (χ2n) is 8.56. The average Bonchev–Trinajstić information content (AvgIpc) is 3.10. The SMILES string of the molecule is C[C@H]1C[C@@H]2[C@@H](CC(=O)N2Cc2ccccc2)[C@@H]1CNC1CCCCC1. The van der Waals surface area contributed by atoms with Gasteiger partial charge in [0.25, 0.3) is 0 Å². The van der Waals surface area contributed by atoms with Crippen molar-refractivity contribution >= 4 is 5.91 Å². The highest BCUT2D eigenvalue weighted by molar-refractivity contribution is 5.79. The van der Waals surface area contributed by atoms with Crippen molar-refractivity contribution in [3.8, 4) is 0 Å². The first-order valence-electron chi connectivity index (χ1n) is 10.3. The highest BCUT2D eigenvalue weighted by atomic mass is 16.2. The minimum atomic E-state index is 0.369. The van der Waals surface area contributed by atoms with Crippen molar-refractivity contribution in [2.45, 2.75) is 70.5 Å². The number of rotatable bonds is 5. The largest absolute Gasteiger partial charge is 0.335 e. The Bertz CT molecular complexity index is 581. The Hall–Kier alpha value is -1.35. The standard InChI is InChI=1S/C22H32N2O/c1-16-12-21-19(20(16)14-23-18-10-6-3-7-11-18)13-22(25)24(21)15-17-8-4-2-5-9-17/h2,4-5,8-9,16,18-21,23H,3,6-7,10-15H2,1H3/t16-,19-,20+,21+/m0/s1. The van der Waals surface area contributed by atoms with E-state index in [0.717, 1.165) is 31.5 Å². The predicted molar refractivity (Wildman–Crippen MR) is 101 cm³/mol. The lowest BCUT2D eigenvalue weighted by atomic mass is 9.87. The van der Waals surface area contributed by atoms with Crippen LogP contribution in [0.25, 0.3) is 0 Å². The first kappa shape index (κ1) is 17.1. The molecule has 136 valence electrons. The van der Waals surface area contributed by atoms with Crippen LogP contribution in [0.15, 0.2) is 30.3 Å². The Labute approximate surface area is 152 Å². The number of carbonyl (C=O) groups is 1. The zero-order valence-electron chi connectivity index (χ0n) is 15.5. The normalized spacial score (nSPS) is 33.0. The molecule has 4 atom stereocenters. The molecule has 1 aromatic carbocycles. The molecule has 1 aliphatic heterocycles. The number of amides is 1. The first-order chi connectivity index (χ1) is 12.2. The fraction of sp³-hybridized carbons (Fsp3) is 0.682. The van der Waals surface area contributed by atoms with Crippen LogP contribution in [-0.2, 0) is 11.3 Å². The molecule has 1 aromatic rings. The zero-order valence-corrected chi connectivity index (χ0v) is 15.5. The van der Waals surface area contributed by atoms with Gasteiger partial charge in [-0.05, 0) is 49.1 Å². The summed E-state index contributed by atoms with van der Waals surface area (Å²) < 4.78 is 0. The smallest absolute Gasteiger partial charge is 0.223 e. The van der Waals surface area contributed by atoms with Crippen LogP contribution in [0.2, 0.25) is 0 Å². The third-order valence-electron chi connectivity index (χ3n) is 6.96. The summed E-state index contributed by atoms with van der Waals surface area (Å²) in [6.45, 7) is 4.30. The minimum absolute atomic E-state index is 0.369. The zero-order chi connectivity index (χ0) is 17.2. The summed E-state index contributed by atoms with van der Waals surface area (Å²) in [6.07, 6.45) is 8.80. The summed E-state index contributed by atoms with van der Waals surface area (Å²) in [5.41, 5.74) is 1.26. The summed E-state index contributed by atoms with van der Waals surface area (Å²) in [4.78, 5) is 14.8. The molecule has 0 spiro atoms. The molecule has 1 amide bonds. The van der Waals surface area contributed by atoms with Crippen molar-refractivity contribution in [1.29, 1.82) is 0 Å². The minimum Gasteiger partial charge on any atom is -0.335 e. The van der Waals surface area contributed by atoms with Gasteiger partial charge in [0, 0.05) is 25.0 Å². The van der Waals surface area contributed by atoms with Crippen molar-refractivity contribution < 1.29 is 4.79 Å². The van der Waals surface area contributed by atoms with E-state index in [-0.39, 0.29) is 0 Å². The van der Waals surface area contributed by atoms with Crippen LogP contribution < -0.4 is 5.32 Å². The summed E-state index contributed by atoms with van der Waals surface area (Å²) in [5, 5.41) is 3.86. The molecule has 3 aliphatic rings.